The van der Waals surface area contributed by atoms with E-state index in [9.17, 15) is 13.5 Å². The molecule has 1 saturated carbocycles. The quantitative estimate of drug-likeness (QED) is 0.846. The lowest BCUT2D eigenvalue weighted by molar-refractivity contribution is 0.385. The predicted molar refractivity (Wildman–Crippen MR) is 84.1 cm³/mol. The van der Waals surface area contributed by atoms with Crippen LogP contribution in [-0.4, -0.2) is 25.8 Å². The zero-order valence-corrected chi connectivity index (χ0v) is 13.2. The van der Waals surface area contributed by atoms with Gasteiger partial charge in [0.05, 0.1) is 10.6 Å². The van der Waals surface area contributed by atoms with Gasteiger partial charge in [-0.2, -0.15) is 0 Å². The number of rotatable bonds is 6. The van der Waals surface area contributed by atoms with Gasteiger partial charge in [0.25, 0.3) is 0 Å². The fraction of sp³-hybridized carbons (Fsp3) is 0.625. The highest BCUT2D eigenvalue weighted by Crippen LogP contribution is 2.28. The molecule has 21 heavy (non-hydrogen) atoms. The zero-order valence-electron chi connectivity index (χ0n) is 12.4. The second-order valence-corrected chi connectivity index (χ2v) is 8.05. The molecule has 3 N–H and O–H groups in total. The third kappa shape index (κ3) is 4.71. The van der Waals surface area contributed by atoms with Gasteiger partial charge in [-0.1, -0.05) is 19.3 Å². The summed E-state index contributed by atoms with van der Waals surface area (Å²) in [6, 6.07) is 4.67. The normalized spacial score (nSPS) is 17.0. The van der Waals surface area contributed by atoms with E-state index in [1.165, 1.54) is 12.5 Å². The van der Waals surface area contributed by atoms with E-state index >= 15 is 0 Å². The van der Waals surface area contributed by atoms with Gasteiger partial charge in [-0.25, -0.2) is 8.42 Å². The number of phenols is 1. The predicted octanol–water partition coefficient (Wildman–Crippen LogP) is 2.64. The number of sulfone groups is 1. The Morgan fingerprint density at radius 2 is 1.86 bits per heavy atom. The molecule has 1 aromatic rings. The van der Waals surface area contributed by atoms with Crippen LogP contribution in [0.25, 0.3) is 0 Å². The summed E-state index contributed by atoms with van der Waals surface area (Å²) in [4.78, 5) is 0.250. The summed E-state index contributed by atoms with van der Waals surface area (Å²) in [5.74, 6) is 0.484. The molecule has 5 heteroatoms. The highest BCUT2D eigenvalue weighted by molar-refractivity contribution is 7.91. The Labute approximate surface area is 127 Å². The molecule has 0 unspecified atom stereocenters. The third-order valence-corrected chi connectivity index (χ3v) is 6.02. The Hall–Kier alpha value is -1.07. The van der Waals surface area contributed by atoms with Gasteiger partial charge >= 0.3 is 0 Å². The highest BCUT2D eigenvalue weighted by atomic mass is 32.2. The lowest BCUT2D eigenvalue weighted by atomic mass is 9.91. The number of aromatic hydroxyl groups is 1. The van der Waals surface area contributed by atoms with Gasteiger partial charge in [0, 0.05) is 0 Å². The van der Waals surface area contributed by atoms with Crippen LogP contribution < -0.4 is 5.73 Å². The molecule has 2 rings (SSSR count). The van der Waals surface area contributed by atoms with Crippen LogP contribution in [0.5, 0.6) is 5.75 Å². The molecule has 0 radical (unpaired) electrons. The van der Waals surface area contributed by atoms with Crippen molar-refractivity contribution in [3.8, 4) is 5.75 Å². The summed E-state index contributed by atoms with van der Waals surface area (Å²) in [5, 5.41) is 9.77. The molecule has 1 aliphatic rings. The van der Waals surface area contributed by atoms with Crippen molar-refractivity contribution in [1.29, 1.82) is 0 Å². The van der Waals surface area contributed by atoms with Crippen LogP contribution >= 0.6 is 0 Å². The fourth-order valence-corrected chi connectivity index (χ4v) is 4.81. The van der Waals surface area contributed by atoms with Gasteiger partial charge in [-0.3, -0.25) is 0 Å². The number of aryl methyl sites for hydroxylation is 1. The lowest BCUT2D eigenvalue weighted by Gasteiger charge is -2.21. The van der Waals surface area contributed by atoms with E-state index in [2.05, 4.69) is 0 Å². The molecule has 0 atom stereocenters. The van der Waals surface area contributed by atoms with Crippen LogP contribution in [0.3, 0.4) is 0 Å². The van der Waals surface area contributed by atoms with Crippen molar-refractivity contribution in [1.82, 2.24) is 0 Å². The Kier molecular flexibility index (Phi) is 5.65. The van der Waals surface area contributed by atoms with Crippen molar-refractivity contribution in [3.05, 3.63) is 23.8 Å². The van der Waals surface area contributed by atoms with Gasteiger partial charge in [0.2, 0.25) is 0 Å². The van der Waals surface area contributed by atoms with Crippen molar-refractivity contribution < 1.29 is 13.5 Å². The first kappa shape index (κ1) is 16.3. The van der Waals surface area contributed by atoms with E-state index in [0.717, 1.165) is 37.7 Å². The Balaban J connectivity index is 2.16. The minimum atomic E-state index is -3.32. The number of hydrogen-bond donors (Lipinski definition) is 2. The first-order valence-corrected chi connectivity index (χ1v) is 9.42. The molecule has 0 bridgehead atoms. The van der Waals surface area contributed by atoms with E-state index in [4.69, 9.17) is 5.73 Å². The fourth-order valence-electron chi connectivity index (χ4n) is 3.03. The van der Waals surface area contributed by atoms with E-state index in [1.54, 1.807) is 12.1 Å². The second kappa shape index (κ2) is 7.27. The number of phenolic OH excluding ortho intramolecular Hbond substituents is 1. The lowest BCUT2D eigenvalue weighted by Crippen LogP contribution is -2.19. The molecule has 0 spiro atoms. The molecule has 4 nitrogen and oxygen atoms in total. The molecule has 0 aliphatic heterocycles. The van der Waals surface area contributed by atoms with Crippen molar-refractivity contribution in [2.75, 3.05) is 12.3 Å². The van der Waals surface area contributed by atoms with Crippen LogP contribution in [0.4, 0.5) is 0 Å². The van der Waals surface area contributed by atoms with Crippen molar-refractivity contribution in [2.24, 2.45) is 11.7 Å². The van der Waals surface area contributed by atoms with Gasteiger partial charge in [-0.15, -0.1) is 0 Å². The van der Waals surface area contributed by atoms with Crippen LogP contribution in [0.2, 0.25) is 0 Å². The molecule has 1 aromatic carbocycles. The summed E-state index contributed by atoms with van der Waals surface area (Å²) < 4.78 is 25.1. The summed E-state index contributed by atoms with van der Waals surface area (Å²) in [6.07, 6.45) is 6.94. The van der Waals surface area contributed by atoms with Crippen LogP contribution in [-0.2, 0) is 16.3 Å². The number of benzene rings is 1. The van der Waals surface area contributed by atoms with Crippen molar-refractivity contribution in [2.45, 2.75) is 49.8 Å². The van der Waals surface area contributed by atoms with Crippen molar-refractivity contribution >= 4 is 9.84 Å². The molecule has 0 saturated heterocycles. The average molecular weight is 311 g/mol. The largest absolute Gasteiger partial charge is 0.508 e. The molecule has 1 fully saturated rings. The number of nitrogens with two attached hydrogens (primary N) is 1. The first-order valence-electron chi connectivity index (χ1n) is 7.77. The number of hydrogen-bond acceptors (Lipinski definition) is 4. The summed E-state index contributed by atoms with van der Waals surface area (Å²) in [5.41, 5.74) is 6.32. The van der Waals surface area contributed by atoms with Crippen LogP contribution in [0.1, 0.15) is 44.1 Å². The van der Waals surface area contributed by atoms with E-state index < -0.39 is 9.84 Å². The van der Waals surface area contributed by atoms with E-state index in [0.29, 0.717) is 13.0 Å². The standard InChI is InChI=1S/C16H25NO3S/c17-8-4-7-14-9-15(18)11-16(10-14)21(19,20)12-13-5-2-1-3-6-13/h9-11,13,18H,1-8,12,17H2. The maximum absolute atomic E-state index is 12.5. The Morgan fingerprint density at radius 3 is 2.52 bits per heavy atom. The molecular weight excluding hydrogens is 286 g/mol. The smallest absolute Gasteiger partial charge is 0.178 e. The van der Waals surface area contributed by atoms with Gasteiger partial charge < -0.3 is 10.8 Å². The molecule has 1 aliphatic carbocycles. The minimum Gasteiger partial charge on any atom is -0.508 e. The Morgan fingerprint density at radius 1 is 1.14 bits per heavy atom. The first-order chi connectivity index (χ1) is 10.0. The summed E-state index contributed by atoms with van der Waals surface area (Å²) >= 11 is 0. The molecule has 0 aromatic heterocycles. The van der Waals surface area contributed by atoms with E-state index in [-0.39, 0.29) is 22.3 Å². The van der Waals surface area contributed by atoms with Crippen LogP contribution in [0.15, 0.2) is 23.1 Å². The summed E-state index contributed by atoms with van der Waals surface area (Å²) in [7, 11) is -3.32. The van der Waals surface area contributed by atoms with Crippen molar-refractivity contribution in [3.63, 3.8) is 0 Å². The average Bonchev–Trinajstić information content (AvgIpc) is 2.45. The highest BCUT2D eigenvalue weighted by Gasteiger charge is 2.23. The molecular formula is C16H25NO3S. The SMILES string of the molecule is NCCCc1cc(O)cc(S(=O)(=O)CC2CCCCC2)c1. The minimum absolute atomic E-state index is 0.0201. The maximum Gasteiger partial charge on any atom is 0.178 e. The molecule has 118 valence electrons. The topological polar surface area (TPSA) is 80.4 Å². The Bertz CT molecular complexity index is 563. The summed E-state index contributed by atoms with van der Waals surface area (Å²) in [6.45, 7) is 0.555. The monoisotopic (exact) mass is 311 g/mol. The third-order valence-electron chi connectivity index (χ3n) is 4.16. The molecule has 0 amide bonds. The zero-order chi connectivity index (χ0) is 15.3. The second-order valence-electron chi connectivity index (χ2n) is 6.01. The van der Waals surface area contributed by atoms with Gasteiger partial charge in [0.15, 0.2) is 9.84 Å². The maximum atomic E-state index is 12.5. The van der Waals surface area contributed by atoms with E-state index in [1.807, 2.05) is 0 Å². The van der Waals surface area contributed by atoms with Gasteiger partial charge in [0.1, 0.15) is 5.75 Å². The van der Waals surface area contributed by atoms with Crippen LogP contribution in [0, 0.1) is 5.92 Å². The molecule has 0 heterocycles. The van der Waals surface area contributed by atoms with Gasteiger partial charge in [-0.05, 0) is 61.9 Å².